The van der Waals surface area contributed by atoms with Crippen molar-refractivity contribution in [3.05, 3.63) is 40.7 Å². The van der Waals surface area contributed by atoms with E-state index in [2.05, 4.69) is 19.9 Å². The summed E-state index contributed by atoms with van der Waals surface area (Å²) in [6.45, 7) is 1.52. The molecule has 2 aliphatic rings. The molecule has 2 aliphatic heterocycles. The normalized spacial score (nSPS) is 19.3. The van der Waals surface area contributed by atoms with E-state index in [-0.39, 0.29) is 69.2 Å². The zero-order valence-electron chi connectivity index (χ0n) is 20.1. The summed E-state index contributed by atoms with van der Waals surface area (Å²) in [6.07, 6.45) is 2.62. The number of aromatic nitrogens is 3. The van der Waals surface area contributed by atoms with Crippen LogP contribution in [0.5, 0.6) is 0 Å². The highest BCUT2D eigenvalue weighted by molar-refractivity contribution is 7.23. The fourth-order valence-electron chi connectivity index (χ4n) is 5.47. The summed E-state index contributed by atoms with van der Waals surface area (Å²) in [5.41, 5.74) is 7.74. The Kier molecular flexibility index (Phi) is 5.68. The molecule has 4 aromatic rings. The Hall–Kier alpha value is -3.50. The third-order valence-corrected chi connectivity index (χ3v) is 8.35. The van der Waals surface area contributed by atoms with Crippen LogP contribution in [0.15, 0.2) is 12.4 Å². The molecule has 3 N–H and O–H groups in total. The first kappa shape index (κ1) is 23.9. The van der Waals surface area contributed by atoms with Crippen LogP contribution < -0.4 is 10.6 Å². The second-order valence-electron chi connectivity index (χ2n) is 9.56. The number of pyridine rings is 1. The number of nitrogens with zero attached hydrogens (tertiary/aromatic N) is 6. The number of ether oxygens (including phenoxy) is 1. The van der Waals surface area contributed by atoms with E-state index >= 15 is 4.39 Å². The number of nitrogen functional groups attached to an aromatic ring is 1. The lowest BCUT2D eigenvalue weighted by Gasteiger charge is -2.23. The summed E-state index contributed by atoms with van der Waals surface area (Å²) in [7, 11) is 3.91. The Bertz CT molecular complexity index is 1620. The number of halogens is 2. The van der Waals surface area contributed by atoms with Crippen molar-refractivity contribution in [3.63, 3.8) is 0 Å². The van der Waals surface area contributed by atoms with Crippen molar-refractivity contribution in [1.82, 2.24) is 19.9 Å². The predicted octanol–water partition coefficient (Wildman–Crippen LogP) is 3.03. The van der Waals surface area contributed by atoms with Gasteiger partial charge in [-0.2, -0.15) is 5.26 Å². The number of fused-ring (bicyclic) bond motifs is 4. The number of aliphatic hydroxyl groups excluding tert-OH is 1. The van der Waals surface area contributed by atoms with Gasteiger partial charge < -0.3 is 25.4 Å². The van der Waals surface area contributed by atoms with Crippen LogP contribution in [0, 0.1) is 28.9 Å². The number of aliphatic hydroxyl groups is 1. The summed E-state index contributed by atoms with van der Waals surface area (Å²) < 4.78 is 36.9. The molecule has 1 aromatic carbocycles. The molecule has 37 heavy (non-hydrogen) atoms. The standard InChI is InChI=1S/C25H23F2N7O2S/c1-33(2)17-7-34(6-11(17)8-35)25-31-4-13-14-9-36-10-15(14)18(20(27)21(13)32-25)22-19-12(3-28)24(29)37-23(19)16(26)5-30-22/h4-5,11,17,35H,6-10,29H2,1-2H3/t11-,17+/m0/s1. The molecule has 5 heterocycles. The second-order valence-corrected chi connectivity index (χ2v) is 10.6. The summed E-state index contributed by atoms with van der Waals surface area (Å²) in [4.78, 5) is 17.4. The lowest BCUT2D eigenvalue weighted by atomic mass is 9.94. The largest absolute Gasteiger partial charge is 0.396 e. The first-order chi connectivity index (χ1) is 17.8. The number of anilines is 2. The number of hydrogen-bond acceptors (Lipinski definition) is 10. The van der Waals surface area contributed by atoms with Gasteiger partial charge in [0, 0.05) is 54.2 Å². The molecule has 0 amide bonds. The monoisotopic (exact) mass is 523 g/mol. The number of nitriles is 1. The summed E-state index contributed by atoms with van der Waals surface area (Å²) in [5, 5.41) is 20.4. The highest BCUT2D eigenvalue weighted by Crippen LogP contribution is 2.45. The summed E-state index contributed by atoms with van der Waals surface area (Å²) in [6, 6.07) is 2.12. The van der Waals surface area contributed by atoms with Crippen molar-refractivity contribution in [1.29, 1.82) is 5.26 Å². The topological polar surface area (TPSA) is 124 Å². The van der Waals surface area contributed by atoms with Gasteiger partial charge in [0.1, 0.15) is 16.6 Å². The zero-order chi connectivity index (χ0) is 26.0. The second kappa shape index (κ2) is 8.81. The molecule has 12 heteroatoms. The van der Waals surface area contributed by atoms with Gasteiger partial charge in [0.25, 0.3) is 0 Å². The summed E-state index contributed by atoms with van der Waals surface area (Å²) in [5.74, 6) is -0.903. The third kappa shape index (κ3) is 3.53. The first-order valence-corrected chi connectivity index (χ1v) is 12.5. The van der Waals surface area contributed by atoms with Crippen molar-refractivity contribution in [3.8, 4) is 17.3 Å². The number of nitrogens with two attached hydrogens (primary N) is 1. The number of benzene rings is 1. The molecule has 1 saturated heterocycles. The maximum Gasteiger partial charge on any atom is 0.226 e. The Balaban J connectivity index is 1.58. The van der Waals surface area contributed by atoms with E-state index in [0.717, 1.165) is 23.1 Å². The van der Waals surface area contributed by atoms with E-state index in [1.165, 1.54) is 0 Å². The molecular weight excluding hydrogens is 500 g/mol. The number of thiophene rings is 1. The third-order valence-electron chi connectivity index (χ3n) is 7.32. The fraction of sp³-hybridized carbons (Fsp3) is 0.360. The minimum atomic E-state index is -0.640. The van der Waals surface area contributed by atoms with Crippen LogP contribution >= 0.6 is 11.3 Å². The molecule has 0 radical (unpaired) electrons. The lowest BCUT2D eigenvalue weighted by Crippen LogP contribution is -2.36. The Morgan fingerprint density at radius 1 is 1.24 bits per heavy atom. The summed E-state index contributed by atoms with van der Waals surface area (Å²) >= 11 is 0.935. The maximum atomic E-state index is 16.4. The van der Waals surface area contributed by atoms with E-state index in [0.29, 0.717) is 30.0 Å². The smallest absolute Gasteiger partial charge is 0.226 e. The molecule has 0 aliphatic carbocycles. The van der Waals surface area contributed by atoms with E-state index < -0.39 is 11.6 Å². The van der Waals surface area contributed by atoms with Gasteiger partial charge in [0.2, 0.25) is 5.95 Å². The predicted molar refractivity (Wildman–Crippen MR) is 136 cm³/mol. The van der Waals surface area contributed by atoms with Gasteiger partial charge in [-0.15, -0.1) is 11.3 Å². The average molecular weight is 524 g/mol. The average Bonchev–Trinajstić information content (AvgIpc) is 3.62. The molecule has 3 aromatic heterocycles. The molecular formula is C25H23F2N7O2S. The van der Waals surface area contributed by atoms with Crippen molar-refractivity contribution < 1.29 is 18.6 Å². The Labute approximate surface area is 214 Å². The van der Waals surface area contributed by atoms with Gasteiger partial charge in [-0.3, -0.25) is 4.98 Å². The van der Waals surface area contributed by atoms with E-state index in [4.69, 9.17) is 10.5 Å². The van der Waals surface area contributed by atoms with E-state index in [1.54, 1.807) is 6.20 Å². The molecule has 9 nitrogen and oxygen atoms in total. The van der Waals surface area contributed by atoms with Crippen LogP contribution in [0.1, 0.15) is 16.7 Å². The molecule has 0 unspecified atom stereocenters. The molecule has 0 saturated carbocycles. The Morgan fingerprint density at radius 2 is 2.03 bits per heavy atom. The van der Waals surface area contributed by atoms with Crippen LogP contribution in [-0.4, -0.2) is 64.8 Å². The SMILES string of the molecule is CN(C)[C@@H]1CN(c2ncc3c4c(c(-c5ncc(F)c6sc(N)c(C#N)c56)c(F)c3n2)COC4)C[C@H]1CO. The van der Waals surface area contributed by atoms with Crippen LogP contribution in [-0.2, 0) is 18.0 Å². The molecule has 2 atom stereocenters. The van der Waals surface area contributed by atoms with Gasteiger partial charge in [-0.05, 0) is 25.2 Å². The van der Waals surface area contributed by atoms with Gasteiger partial charge in [-0.1, -0.05) is 0 Å². The Morgan fingerprint density at radius 3 is 2.73 bits per heavy atom. The van der Waals surface area contributed by atoms with Crippen molar-refractivity contribution >= 4 is 43.3 Å². The van der Waals surface area contributed by atoms with Crippen molar-refractivity contribution in [2.24, 2.45) is 5.92 Å². The molecule has 0 spiro atoms. The zero-order valence-corrected chi connectivity index (χ0v) is 20.9. The number of hydrogen-bond donors (Lipinski definition) is 2. The van der Waals surface area contributed by atoms with Crippen molar-refractivity contribution in [2.45, 2.75) is 19.3 Å². The minimum absolute atomic E-state index is 0.00766. The minimum Gasteiger partial charge on any atom is -0.396 e. The molecule has 6 rings (SSSR count). The lowest BCUT2D eigenvalue weighted by molar-refractivity contribution is 0.135. The quantitative estimate of drug-likeness (QED) is 0.415. The molecule has 0 bridgehead atoms. The van der Waals surface area contributed by atoms with Gasteiger partial charge in [-0.25, -0.2) is 18.7 Å². The molecule has 190 valence electrons. The number of rotatable bonds is 4. The fourth-order valence-corrected chi connectivity index (χ4v) is 6.39. The van der Waals surface area contributed by atoms with Crippen LogP contribution in [0.4, 0.5) is 19.7 Å². The van der Waals surface area contributed by atoms with Gasteiger partial charge in [0.05, 0.1) is 35.4 Å². The highest BCUT2D eigenvalue weighted by atomic mass is 32.1. The number of likely N-dealkylation sites (N-methyl/N-ethyl adjacent to an activating group) is 1. The molecule has 1 fully saturated rings. The van der Waals surface area contributed by atoms with Crippen LogP contribution in [0.2, 0.25) is 0 Å². The first-order valence-electron chi connectivity index (χ1n) is 11.7. The van der Waals surface area contributed by atoms with Crippen LogP contribution in [0.25, 0.3) is 32.2 Å². The van der Waals surface area contributed by atoms with E-state index in [1.807, 2.05) is 25.1 Å². The van der Waals surface area contributed by atoms with Crippen LogP contribution in [0.3, 0.4) is 0 Å². The highest BCUT2D eigenvalue weighted by Gasteiger charge is 2.36. The van der Waals surface area contributed by atoms with Gasteiger partial charge >= 0.3 is 0 Å². The maximum absolute atomic E-state index is 16.4. The van der Waals surface area contributed by atoms with Gasteiger partial charge in [0.15, 0.2) is 11.6 Å². The van der Waals surface area contributed by atoms with E-state index in [9.17, 15) is 14.8 Å². The van der Waals surface area contributed by atoms with Crippen molar-refractivity contribution in [2.75, 3.05) is 44.4 Å².